The molecule has 0 radical (unpaired) electrons. The minimum absolute atomic E-state index is 0.171. The normalized spacial score (nSPS) is 11.1. The summed E-state index contributed by atoms with van der Waals surface area (Å²) in [5.41, 5.74) is 3.72. The monoisotopic (exact) mass is 464 g/mol. The first kappa shape index (κ1) is 20.2. The summed E-state index contributed by atoms with van der Waals surface area (Å²) in [7, 11) is 0. The van der Waals surface area contributed by atoms with Gasteiger partial charge in [0.2, 0.25) is 0 Å². The molecule has 2 aromatic carbocycles. The zero-order valence-corrected chi connectivity index (χ0v) is 17.6. The lowest BCUT2D eigenvalue weighted by molar-refractivity contribution is 0.0929. The predicted octanol–water partition coefficient (Wildman–Crippen LogP) is 5.41. The van der Waals surface area contributed by atoms with Crippen molar-refractivity contribution in [1.29, 1.82) is 0 Å². The van der Waals surface area contributed by atoms with Crippen LogP contribution in [0.4, 0.5) is 0 Å². The third-order valence-electron chi connectivity index (χ3n) is 3.70. The van der Waals surface area contributed by atoms with E-state index >= 15 is 0 Å². The number of carbonyl (C=O) groups excluding carboxylic acids is 1. The van der Waals surface area contributed by atoms with Crippen LogP contribution in [0.25, 0.3) is 11.0 Å². The smallest absolute Gasteiger partial charge is 0.307 e. The standard InChI is InChI=1S/C20H18BrClN2O4/c1-3-26-17-8-12(7-15(22)19(17)27-4-2)11-23-24-20(25)18-10-13-9-14(21)5-6-16(13)28-18/h5-11H,3-4H2,1-2H3,(H,24,25)/b23-11+. The van der Waals surface area contributed by atoms with Gasteiger partial charge < -0.3 is 13.9 Å². The maximum absolute atomic E-state index is 12.3. The highest BCUT2D eigenvalue weighted by Gasteiger charge is 2.13. The van der Waals surface area contributed by atoms with Crippen molar-refractivity contribution < 1.29 is 18.7 Å². The summed E-state index contributed by atoms with van der Waals surface area (Å²) >= 11 is 9.66. The molecule has 28 heavy (non-hydrogen) atoms. The second-order valence-electron chi connectivity index (χ2n) is 5.69. The number of furan rings is 1. The molecule has 0 aliphatic carbocycles. The van der Waals surface area contributed by atoms with Gasteiger partial charge in [-0.05, 0) is 55.8 Å². The Bertz CT molecular complexity index is 1030. The molecule has 1 aromatic heterocycles. The van der Waals surface area contributed by atoms with Gasteiger partial charge in [-0.3, -0.25) is 4.79 Å². The predicted molar refractivity (Wildman–Crippen MR) is 113 cm³/mol. The van der Waals surface area contributed by atoms with E-state index in [0.717, 1.165) is 9.86 Å². The number of hydrazone groups is 1. The molecule has 0 aliphatic rings. The maximum atomic E-state index is 12.3. The molecule has 8 heteroatoms. The molecule has 0 saturated heterocycles. The minimum Gasteiger partial charge on any atom is -0.490 e. The fraction of sp³-hybridized carbons (Fsp3) is 0.200. The summed E-state index contributed by atoms with van der Waals surface area (Å²) in [6.45, 7) is 4.68. The molecule has 146 valence electrons. The van der Waals surface area contributed by atoms with Crippen LogP contribution in [0.15, 0.2) is 50.4 Å². The molecule has 0 fully saturated rings. The lowest BCUT2D eigenvalue weighted by atomic mass is 10.2. The average Bonchev–Trinajstić information content (AvgIpc) is 3.08. The molecule has 1 amide bonds. The van der Waals surface area contributed by atoms with Gasteiger partial charge in [-0.2, -0.15) is 5.10 Å². The number of hydrogen-bond donors (Lipinski definition) is 1. The van der Waals surface area contributed by atoms with Crippen LogP contribution in [0, 0.1) is 0 Å². The second kappa shape index (κ2) is 9.12. The van der Waals surface area contributed by atoms with Crippen LogP contribution < -0.4 is 14.9 Å². The van der Waals surface area contributed by atoms with E-state index in [4.69, 9.17) is 25.5 Å². The van der Waals surface area contributed by atoms with E-state index in [1.165, 1.54) is 6.21 Å². The number of rotatable bonds is 7. The molecule has 0 atom stereocenters. The highest BCUT2D eigenvalue weighted by Crippen LogP contribution is 2.36. The Balaban J connectivity index is 1.74. The van der Waals surface area contributed by atoms with Gasteiger partial charge in [0.15, 0.2) is 17.3 Å². The Hall–Kier alpha value is -2.51. The number of benzene rings is 2. The minimum atomic E-state index is -0.453. The highest BCUT2D eigenvalue weighted by molar-refractivity contribution is 9.10. The fourth-order valence-electron chi connectivity index (χ4n) is 2.56. The van der Waals surface area contributed by atoms with Crippen LogP contribution in [-0.4, -0.2) is 25.3 Å². The first-order valence-electron chi connectivity index (χ1n) is 8.63. The van der Waals surface area contributed by atoms with Crippen molar-refractivity contribution >= 4 is 50.6 Å². The number of carbonyl (C=O) groups is 1. The quantitative estimate of drug-likeness (QED) is 0.374. The van der Waals surface area contributed by atoms with Gasteiger partial charge in [0.1, 0.15) is 5.58 Å². The molecule has 6 nitrogen and oxygen atoms in total. The zero-order valence-electron chi connectivity index (χ0n) is 15.3. The third kappa shape index (κ3) is 4.66. The number of amides is 1. The topological polar surface area (TPSA) is 73.1 Å². The van der Waals surface area contributed by atoms with E-state index in [-0.39, 0.29) is 5.76 Å². The average molecular weight is 466 g/mol. The van der Waals surface area contributed by atoms with Crippen molar-refractivity contribution in [2.45, 2.75) is 13.8 Å². The summed E-state index contributed by atoms with van der Waals surface area (Å²) in [4.78, 5) is 12.3. The zero-order chi connectivity index (χ0) is 20.1. The van der Waals surface area contributed by atoms with Crippen molar-refractivity contribution in [1.82, 2.24) is 5.43 Å². The number of nitrogens with zero attached hydrogens (tertiary/aromatic N) is 1. The molecular weight excluding hydrogens is 448 g/mol. The van der Waals surface area contributed by atoms with Crippen LogP contribution in [0.2, 0.25) is 5.02 Å². The number of hydrogen-bond acceptors (Lipinski definition) is 5. The van der Waals surface area contributed by atoms with Crippen molar-refractivity contribution in [3.63, 3.8) is 0 Å². The molecule has 0 unspecified atom stereocenters. The summed E-state index contributed by atoms with van der Waals surface area (Å²) < 4.78 is 17.5. The lowest BCUT2D eigenvalue weighted by Gasteiger charge is -2.13. The van der Waals surface area contributed by atoms with Gasteiger partial charge in [-0.1, -0.05) is 27.5 Å². The van der Waals surface area contributed by atoms with E-state index in [9.17, 15) is 4.79 Å². The van der Waals surface area contributed by atoms with Crippen molar-refractivity contribution in [3.05, 3.63) is 57.2 Å². The lowest BCUT2D eigenvalue weighted by Crippen LogP contribution is -2.16. The summed E-state index contributed by atoms with van der Waals surface area (Å²) in [5.74, 6) is 0.726. The third-order valence-corrected chi connectivity index (χ3v) is 4.48. The molecule has 3 aromatic rings. The molecule has 0 aliphatic heterocycles. The fourth-order valence-corrected chi connectivity index (χ4v) is 3.21. The van der Waals surface area contributed by atoms with Gasteiger partial charge in [0, 0.05) is 9.86 Å². The SMILES string of the molecule is CCOc1cc(/C=N/NC(=O)c2cc3cc(Br)ccc3o2)cc(Cl)c1OCC. The molecule has 1 heterocycles. The van der Waals surface area contributed by atoms with Crippen LogP contribution in [0.3, 0.4) is 0 Å². The molecule has 0 saturated carbocycles. The largest absolute Gasteiger partial charge is 0.490 e. The highest BCUT2D eigenvalue weighted by atomic mass is 79.9. The Morgan fingerprint density at radius 3 is 2.75 bits per heavy atom. The van der Waals surface area contributed by atoms with Crippen molar-refractivity contribution in [2.75, 3.05) is 13.2 Å². The van der Waals surface area contributed by atoms with Crippen LogP contribution >= 0.6 is 27.5 Å². The van der Waals surface area contributed by atoms with Crippen molar-refractivity contribution in [2.24, 2.45) is 5.10 Å². The molecule has 0 bridgehead atoms. The first-order valence-corrected chi connectivity index (χ1v) is 9.80. The van der Waals surface area contributed by atoms with Gasteiger partial charge in [-0.25, -0.2) is 5.43 Å². The maximum Gasteiger partial charge on any atom is 0.307 e. The number of fused-ring (bicyclic) bond motifs is 1. The van der Waals surface area contributed by atoms with Gasteiger partial charge in [-0.15, -0.1) is 0 Å². The van der Waals surface area contributed by atoms with E-state index in [1.54, 1.807) is 24.3 Å². The number of ether oxygens (including phenoxy) is 2. The Morgan fingerprint density at radius 1 is 1.21 bits per heavy atom. The van der Waals surface area contributed by atoms with Crippen LogP contribution in [0.1, 0.15) is 30.0 Å². The van der Waals surface area contributed by atoms with Gasteiger partial charge >= 0.3 is 5.91 Å². The first-order chi connectivity index (χ1) is 13.5. The summed E-state index contributed by atoms with van der Waals surface area (Å²) in [5, 5.41) is 5.20. The Kier molecular flexibility index (Phi) is 6.59. The number of nitrogens with one attached hydrogen (secondary N) is 1. The Labute approximate surface area is 175 Å². The molecular formula is C20H18BrClN2O4. The van der Waals surface area contributed by atoms with Crippen molar-refractivity contribution in [3.8, 4) is 11.5 Å². The van der Waals surface area contributed by atoms with E-state index in [1.807, 2.05) is 26.0 Å². The molecule has 1 N–H and O–H groups in total. The van der Waals surface area contributed by atoms with E-state index < -0.39 is 5.91 Å². The van der Waals surface area contributed by atoms with Crippen LogP contribution in [-0.2, 0) is 0 Å². The summed E-state index contributed by atoms with van der Waals surface area (Å²) in [6.07, 6.45) is 1.47. The second-order valence-corrected chi connectivity index (χ2v) is 7.01. The molecule has 0 spiro atoms. The van der Waals surface area contributed by atoms with Crippen LogP contribution in [0.5, 0.6) is 11.5 Å². The summed E-state index contributed by atoms with van der Waals surface area (Å²) in [6, 6.07) is 10.6. The van der Waals surface area contributed by atoms with Gasteiger partial charge in [0.25, 0.3) is 0 Å². The Morgan fingerprint density at radius 2 is 2.00 bits per heavy atom. The van der Waals surface area contributed by atoms with E-state index in [0.29, 0.717) is 40.9 Å². The van der Waals surface area contributed by atoms with Gasteiger partial charge in [0.05, 0.1) is 24.5 Å². The number of halogens is 2. The van der Waals surface area contributed by atoms with E-state index in [2.05, 4.69) is 26.5 Å². The molecule has 3 rings (SSSR count).